The van der Waals surface area contributed by atoms with Crippen LogP contribution in [0.1, 0.15) is 37.8 Å². The van der Waals surface area contributed by atoms with E-state index in [2.05, 4.69) is 0 Å². The number of hydrogen-bond acceptors (Lipinski definition) is 4. The molecule has 0 aromatic heterocycles. The topological polar surface area (TPSA) is 52.6 Å². The summed E-state index contributed by atoms with van der Waals surface area (Å²) in [5.74, 6) is -1.64. The van der Waals surface area contributed by atoms with Crippen molar-refractivity contribution >= 4 is 17.5 Å². The monoisotopic (exact) mass is 288 g/mol. The summed E-state index contributed by atoms with van der Waals surface area (Å²) in [4.78, 5) is 24.5. The van der Waals surface area contributed by atoms with E-state index in [4.69, 9.17) is 9.47 Å². The number of allylic oxidation sites excluding steroid dienone is 1. The van der Waals surface area contributed by atoms with E-state index in [1.807, 2.05) is 45.0 Å². The first-order chi connectivity index (χ1) is 9.82. The van der Waals surface area contributed by atoms with E-state index >= 15 is 0 Å². The average Bonchev–Trinajstić information content (AvgIpc) is 2.80. The van der Waals surface area contributed by atoms with E-state index in [9.17, 15) is 9.59 Å². The quantitative estimate of drug-likeness (QED) is 0.785. The number of benzene rings is 1. The Balaban J connectivity index is 2.78. The molecule has 0 spiro atoms. The number of hydrogen-bond donors (Lipinski definition) is 0. The lowest BCUT2D eigenvalue weighted by Crippen LogP contribution is -2.21. The third kappa shape index (κ3) is 2.46. The number of methoxy groups -OCH3 is 2. The second kappa shape index (κ2) is 5.35. The molecule has 2 rings (SSSR count). The second-order valence-electron chi connectivity index (χ2n) is 6.07. The fraction of sp³-hybridized carbons (Fsp3) is 0.412. The van der Waals surface area contributed by atoms with Gasteiger partial charge in [-0.05, 0) is 22.1 Å². The van der Waals surface area contributed by atoms with Crippen molar-refractivity contribution < 1.29 is 19.1 Å². The molecule has 1 aliphatic carbocycles. The molecule has 0 saturated carbocycles. The predicted octanol–water partition coefficient (Wildman–Crippen LogP) is 2.93. The minimum atomic E-state index is -0.715. The van der Waals surface area contributed by atoms with Crippen molar-refractivity contribution in [3.8, 4) is 0 Å². The molecule has 21 heavy (non-hydrogen) atoms. The lowest BCUT2D eigenvalue weighted by Gasteiger charge is -2.23. The molecular weight excluding hydrogens is 268 g/mol. The van der Waals surface area contributed by atoms with Crippen molar-refractivity contribution in [2.75, 3.05) is 14.2 Å². The SMILES string of the molecule is COC(=O)C1=C(C(C)(C)C)c2ccccc2C1C(=O)OC. The van der Waals surface area contributed by atoms with Crippen molar-refractivity contribution in [3.05, 3.63) is 41.0 Å². The zero-order valence-corrected chi connectivity index (χ0v) is 13.0. The van der Waals surface area contributed by atoms with Crippen LogP contribution in [0.25, 0.3) is 5.57 Å². The van der Waals surface area contributed by atoms with Crippen molar-refractivity contribution in [3.63, 3.8) is 0 Å². The Hall–Kier alpha value is -2.10. The van der Waals surface area contributed by atoms with Crippen LogP contribution in [0, 0.1) is 5.41 Å². The molecule has 1 aromatic carbocycles. The zero-order valence-electron chi connectivity index (χ0n) is 13.0. The summed E-state index contributed by atoms with van der Waals surface area (Å²) in [6.07, 6.45) is 0. The molecule has 1 aromatic rings. The Bertz CT molecular complexity index is 620. The first-order valence-electron chi connectivity index (χ1n) is 6.83. The molecule has 1 atom stereocenters. The van der Waals surface area contributed by atoms with Crippen LogP contribution in [-0.2, 0) is 19.1 Å². The third-order valence-corrected chi connectivity index (χ3v) is 3.69. The van der Waals surface area contributed by atoms with Gasteiger partial charge in [-0.3, -0.25) is 4.79 Å². The van der Waals surface area contributed by atoms with Crippen LogP contribution in [0.2, 0.25) is 0 Å². The highest BCUT2D eigenvalue weighted by Crippen LogP contribution is 2.50. The molecule has 0 saturated heterocycles. The Morgan fingerprint density at radius 3 is 2.19 bits per heavy atom. The molecule has 0 N–H and O–H groups in total. The molecule has 0 amide bonds. The maximum atomic E-state index is 12.3. The maximum Gasteiger partial charge on any atom is 0.335 e. The average molecular weight is 288 g/mol. The van der Waals surface area contributed by atoms with Gasteiger partial charge in [-0.1, -0.05) is 45.0 Å². The lowest BCUT2D eigenvalue weighted by atomic mass is 9.81. The highest BCUT2D eigenvalue weighted by molar-refractivity contribution is 6.09. The van der Waals surface area contributed by atoms with Gasteiger partial charge in [0.15, 0.2) is 0 Å². The van der Waals surface area contributed by atoms with Crippen molar-refractivity contribution in [2.24, 2.45) is 5.41 Å². The molecule has 4 heteroatoms. The van der Waals surface area contributed by atoms with Crippen LogP contribution in [0.3, 0.4) is 0 Å². The van der Waals surface area contributed by atoms with Crippen molar-refractivity contribution in [1.82, 2.24) is 0 Å². The van der Waals surface area contributed by atoms with Crippen LogP contribution in [0.15, 0.2) is 29.8 Å². The molecule has 0 radical (unpaired) electrons. The van der Waals surface area contributed by atoms with Gasteiger partial charge in [0, 0.05) is 0 Å². The van der Waals surface area contributed by atoms with E-state index < -0.39 is 17.9 Å². The number of esters is 2. The van der Waals surface area contributed by atoms with Gasteiger partial charge in [0.25, 0.3) is 0 Å². The number of fused-ring (bicyclic) bond motifs is 1. The summed E-state index contributed by atoms with van der Waals surface area (Å²) in [5.41, 5.74) is 2.66. The van der Waals surface area contributed by atoms with Gasteiger partial charge in [-0.2, -0.15) is 0 Å². The zero-order chi connectivity index (χ0) is 15.8. The van der Waals surface area contributed by atoms with Crippen LogP contribution >= 0.6 is 0 Å². The minimum Gasteiger partial charge on any atom is -0.468 e. The first-order valence-corrected chi connectivity index (χ1v) is 6.83. The summed E-state index contributed by atoms with van der Waals surface area (Å²) in [7, 11) is 2.65. The largest absolute Gasteiger partial charge is 0.468 e. The Morgan fingerprint density at radius 2 is 1.67 bits per heavy atom. The van der Waals surface area contributed by atoms with Gasteiger partial charge in [0.1, 0.15) is 5.92 Å². The molecule has 1 aliphatic rings. The molecule has 0 heterocycles. The van der Waals surface area contributed by atoms with Gasteiger partial charge < -0.3 is 9.47 Å². The molecule has 0 fully saturated rings. The smallest absolute Gasteiger partial charge is 0.335 e. The summed E-state index contributed by atoms with van der Waals surface area (Å²) in [6, 6.07) is 7.55. The summed E-state index contributed by atoms with van der Waals surface area (Å²) >= 11 is 0. The van der Waals surface area contributed by atoms with E-state index in [-0.39, 0.29) is 5.41 Å². The van der Waals surface area contributed by atoms with Crippen molar-refractivity contribution in [2.45, 2.75) is 26.7 Å². The number of ether oxygens (including phenoxy) is 2. The van der Waals surface area contributed by atoms with Crippen LogP contribution in [0.4, 0.5) is 0 Å². The fourth-order valence-electron chi connectivity index (χ4n) is 2.92. The maximum absolute atomic E-state index is 12.3. The highest BCUT2D eigenvalue weighted by Gasteiger charge is 2.43. The highest BCUT2D eigenvalue weighted by atomic mass is 16.5. The van der Waals surface area contributed by atoms with Gasteiger partial charge >= 0.3 is 11.9 Å². The second-order valence-corrected chi connectivity index (χ2v) is 6.07. The van der Waals surface area contributed by atoms with Crippen LogP contribution < -0.4 is 0 Å². The Labute approximate surface area is 124 Å². The standard InChI is InChI=1S/C17H20O4/c1-17(2,3)14-11-9-7-6-8-10(11)12(15(18)20-4)13(14)16(19)21-5/h6-9,12H,1-5H3. The normalized spacial score (nSPS) is 17.5. The number of carbonyl (C=O) groups is 2. The molecule has 0 aliphatic heterocycles. The summed E-state index contributed by atoms with van der Waals surface area (Å²) in [6.45, 7) is 6.05. The van der Waals surface area contributed by atoms with E-state index in [1.165, 1.54) is 14.2 Å². The molecule has 112 valence electrons. The summed E-state index contributed by atoms with van der Waals surface area (Å²) < 4.78 is 9.81. The van der Waals surface area contributed by atoms with Crippen LogP contribution in [-0.4, -0.2) is 26.2 Å². The van der Waals surface area contributed by atoms with Crippen molar-refractivity contribution in [1.29, 1.82) is 0 Å². The number of rotatable bonds is 2. The van der Waals surface area contributed by atoms with E-state index in [0.717, 1.165) is 16.7 Å². The molecule has 4 nitrogen and oxygen atoms in total. The number of carbonyl (C=O) groups excluding carboxylic acids is 2. The lowest BCUT2D eigenvalue weighted by molar-refractivity contribution is -0.144. The van der Waals surface area contributed by atoms with E-state index in [1.54, 1.807) is 0 Å². The van der Waals surface area contributed by atoms with E-state index in [0.29, 0.717) is 5.57 Å². The fourth-order valence-corrected chi connectivity index (χ4v) is 2.92. The molecule has 1 unspecified atom stereocenters. The Kier molecular flexibility index (Phi) is 3.90. The molecule has 0 bridgehead atoms. The minimum absolute atomic E-state index is 0.289. The molecular formula is C17H20O4. The van der Waals surface area contributed by atoms with Gasteiger partial charge in [-0.15, -0.1) is 0 Å². The predicted molar refractivity (Wildman–Crippen MR) is 79.6 cm³/mol. The van der Waals surface area contributed by atoms with Gasteiger partial charge in [-0.25, -0.2) is 4.79 Å². The third-order valence-electron chi connectivity index (χ3n) is 3.69. The Morgan fingerprint density at radius 1 is 1.05 bits per heavy atom. The first kappa shape index (κ1) is 15.3. The van der Waals surface area contributed by atoms with Crippen LogP contribution in [0.5, 0.6) is 0 Å². The summed E-state index contributed by atoms with van der Waals surface area (Å²) in [5, 5.41) is 0. The van der Waals surface area contributed by atoms with Gasteiger partial charge in [0.2, 0.25) is 0 Å². The van der Waals surface area contributed by atoms with Gasteiger partial charge in [0.05, 0.1) is 19.8 Å².